The van der Waals surface area contributed by atoms with Crippen molar-refractivity contribution in [2.45, 2.75) is 18.9 Å². The van der Waals surface area contributed by atoms with Gasteiger partial charge in [-0.15, -0.1) is 12.4 Å². The van der Waals surface area contributed by atoms with Crippen LogP contribution in [0.15, 0.2) is 28.9 Å². The van der Waals surface area contributed by atoms with Crippen LogP contribution in [0.5, 0.6) is 0 Å². The van der Waals surface area contributed by atoms with E-state index in [9.17, 15) is 8.78 Å². The van der Waals surface area contributed by atoms with E-state index in [0.29, 0.717) is 0 Å². The summed E-state index contributed by atoms with van der Waals surface area (Å²) in [4.78, 5) is 3.02. The number of fused-ring (bicyclic) bond motifs is 1. The zero-order valence-electron chi connectivity index (χ0n) is 8.79. The van der Waals surface area contributed by atoms with E-state index in [1.165, 1.54) is 0 Å². The van der Waals surface area contributed by atoms with Gasteiger partial charge in [0.25, 0.3) is 0 Å². The highest BCUT2D eigenvalue weighted by molar-refractivity contribution is 9.10. The number of hydrogen-bond donors (Lipinski definition) is 2. The van der Waals surface area contributed by atoms with Crippen LogP contribution in [0.1, 0.15) is 18.0 Å². The van der Waals surface area contributed by atoms with E-state index < -0.39 is 12.5 Å². The van der Waals surface area contributed by atoms with Gasteiger partial charge in [0.2, 0.25) is 6.43 Å². The van der Waals surface area contributed by atoms with Crippen LogP contribution in [0.25, 0.3) is 10.9 Å². The summed E-state index contributed by atoms with van der Waals surface area (Å²) in [6, 6.07) is 5.02. The lowest BCUT2D eigenvalue weighted by molar-refractivity contribution is 0.128. The minimum Gasteiger partial charge on any atom is -0.361 e. The van der Waals surface area contributed by atoms with Crippen LogP contribution < -0.4 is 5.73 Å². The van der Waals surface area contributed by atoms with Gasteiger partial charge in [0.05, 0.1) is 0 Å². The molecular formula is C11H12BrClF2N2. The van der Waals surface area contributed by atoms with Crippen molar-refractivity contribution in [1.29, 1.82) is 0 Å². The maximum absolute atomic E-state index is 12.3. The molecule has 1 aromatic carbocycles. The summed E-state index contributed by atoms with van der Waals surface area (Å²) in [5, 5.41) is 0.891. The number of aromatic nitrogens is 1. The molecule has 3 N–H and O–H groups in total. The second-order valence-corrected chi connectivity index (χ2v) is 4.58. The summed E-state index contributed by atoms with van der Waals surface area (Å²) < 4.78 is 25.4. The smallest absolute Gasteiger partial charge is 0.240 e. The van der Waals surface area contributed by atoms with Crippen molar-refractivity contribution in [2.75, 3.05) is 0 Å². The van der Waals surface area contributed by atoms with Crippen LogP contribution in [0.3, 0.4) is 0 Å². The van der Waals surface area contributed by atoms with Crippen molar-refractivity contribution < 1.29 is 8.78 Å². The predicted molar refractivity (Wildman–Crippen MR) is 70.8 cm³/mol. The van der Waals surface area contributed by atoms with Crippen molar-refractivity contribution in [3.05, 3.63) is 34.4 Å². The number of H-pyrrole nitrogens is 1. The number of hydrogen-bond acceptors (Lipinski definition) is 1. The zero-order chi connectivity index (χ0) is 11.7. The number of aromatic amines is 1. The van der Waals surface area contributed by atoms with Gasteiger partial charge in [0.1, 0.15) is 0 Å². The fourth-order valence-electron chi connectivity index (χ4n) is 1.74. The lowest BCUT2D eigenvalue weighted by atomic mass is 10.0. The van der Waals surface area contributed by atoms with Gasteiger partial charge in [0, 0.05) is 34.0 Å². The largest absolute Gasteiger partial charge is 0.361 e. The van der Waals surface area contributed by atoms with Crippen molar-refractivity contribution in [3.8, 4) is 0 Å². The number of rotatable bonds is 3. The summed E-state index contributed by atoms with van der Waals surface area (Å²) in [5.41, 5.74) is 7.38. The summed E-state index contributed by atoms with van der Waals surface area (Å²) in [7, 11) is 0. The molecule has 0 aliphatic heterocycles. The van der Waals surface area contributed by atoms with E-state index in [2.05, 4.69) is 20.9 Å². The molecule has 0 saturated heterocycles. The van der Waals surface area contributed by atoms with Gasteiger partial charge >= 0.3 is 0 Å². The molecule has 0 spiro atoms. The summed E-state index contributed by atoms with van der Waals surface area (Å²) in [6.45, 7) is 0. The van der Waals surface area contributed by atoms with Crippen molar-refractivity contribution in [2.24, 2.45) is 5.73 Å². The fraction of sp³-hybridized carbons (Fsp3) is 0.273. The highest BCUT2D eigenvalue weighted by atomic mass is 79.9. The highest BCUT2D eigenvalue weighted by Gasteiger charge is 2.16. The SMILES string of the molecule is Cl.N[C@H](CC(F)F)c1c[nH]c2ccc(Br)cc12. The second kappa shape index (κ2) is 5.80. The Kier molecular flexibility index (Phi) is 4.91. The molecule has 0 unspecified atom stereocenters. The van der Waals surface area contributed by atoms with Crippen LogP contribution in [0.4, 0.5) is 8.78 Å². The Bertz CT molecular complexity index is 501. The normalized spacial score (nSPS) is 12.8. The molecule has 1 aromatic heterocycles. The number of nitrogens with two attached hydrogens (primary N) is 1. The molecule has 0 amide bonds. The van der Waals surface area contributed by atoms with Crippen molar-refractivity contribution in [1.82, 2.24) is 4.98 Å². The van der Waals surface area contributed by atoms with Crippen LogP contribution in [-0.4, -0.2) is 11.4 Å². The molecular weight excluding hydrogens is 313 g/mol. The topological polar surface area (TPSA) is 41.8 Å². The summed E-state index contributed by atoms with van der Waals surface area (Å²) in [6.07, 6.45) is -1.00. The zero-order valence-corrected chi connectivity index (χ0v) is 11.2. The fourth-order valence-corrected chi connectivity index (χ4v) is 2.10. The molecule has 0 bridgehead atoms. The van der Waals surface area contributed by atoms with E-state index in [4.69, 9.17) is 5.73 Å². The third kappa shape index (κ3) is 3.18. The molecule has 1 heterocycles. The first-order chi connectivity index (χ1) is 7.58. The van der Waals surface area contributed by atoms with Crippen LogP contribution in [0, 0.1) is 0 Å². The molecule has 0 aliphatic carbocycles. The molecule has 0 radical (unpaired) electrons. The molecule has 0 aliphatic rings. The first-order valence-corrected chi connectivity index (χ1v) is 5.67. The van der Waals surface area contributed by atoms with E-state index in [1.807, 2.05) is 18.2 Å². The minimum absolute atomic E-state index is 0. The number of nitrogens with one attached hydrogen (secondary N) is 1. The quantitative estimate of drug-likeness (QED) is 0.879. The Hall–Kier alpha value is -0.650. The van der Waals surface area contributed by atoms with Gasteiger partial charge in [-0.3, -0.25) is 0 Å². The maximum Gasteiger partial charge on any atom is 0.240 e. The first-order valence-electron chi connectivity index (χ1n) is 4.88. The molecule has 6 heteroatoms. The molecule has 0 fully saturated rings. The van der Waals surface area contributed by atoms with Gasteiger partial charge in [0.15, 0.2) is 0 Å². The summed E-state index contributed by atoms with van der Waals surface area (Å²) in [5.74, 6) is 0. The minimum atomic E-state index is -2.38. The number of halogens is 4. The Balaban J connectivity index is 0.00000144. The third-order valence-electron chi connectivity index (χ3n) is 2.51. The molecule has 2 aromatic rings. The van der Waals surface area contributed by atoms with Crippen molar-refractivity contribution >= 4 is 39.2 Å². The van der Waals surface area contributed by atoms with Gasteiger partial charge < -0.3 is 10.7 Å². The Morgan fingerprint density at radius 3 is 2.71 bits per heavy atom. The second-order valence-electron chi connectivity index (χ2n) is 3.67. The summed E-state index contributed by atoms with van der Waals surface area (Å²) >= 11 is 3.35. The Morgan fingerprint density at radius 2 is 2.06 bits per heavy atom. The van der Waals surface area contributed by atoms with Crippen LogP contribution >= 0.6 is 28.3 Å². The monoisotopic (exact) mass is 324 g/mol. The third-order valence-corrected chi connectivity index (χ3v) is 3.00. The van der Waals surface area contributed by atoms with E-state index in [1.54, 1.807) is 6.20 Å². The molecule has 0 saturated carbocycles. The van der Waals surface area contributed by atoms with E-state index in [-0.39, 0.29) is 18.8 Å². The van der Waals surface area contributed by atoms with Crippen LogP contribution in [-0.2, 0) is 0 Å². The van der Waals surface area contributed by atoms with Gasteiger partial charge in [-0.2, -0.15) is 0 Å². The standard InChI is InChI=1S/C11H11BrF2N2.ClH/c12-6-1-2-10-7(3-6)8(5-16-10)9(15)4-11(13)14;/h1-3,5,9,11,16H,4,15H2;1H/t9-;/m1./s1. The van der Waals surface area contributed by atoms with E-state index >= 15 is 0 Å². The molecule has 2 rings (SSSR count). The average molecular weight is 326 g/mol. The molecule has 17 heavy (non-hydrogen) atoms. The van der Waals surface area contributed by atoms with Gasteiger partial charge in [-0.25, -0.2) is 8.78 Å². The highest BCUT2D eigenvalue weighted by Crippen LogP contribution is 2.28. The molecule has 2 nitrogen and oxygen atoms in total. The van der Waals surface area contributed by atoms with Crippen molar-refractivity contribution in [3.63, 3.8) is 0 Å². The molecule has 1 atom stereocenters. The maximum atomic E-state index is 12.3. The number of alkyl halides is 2. The lowest BCUT2D eigenvalue weighted by Gasteiger charge is -2.09. The predicted octanol–water partition coefficient (Wildman–Crippen LogP) is 4.01. The first kappa shape index (κ1) is 14.4. The number of benzene rings is 1. The van der Waals surface area contributed by atoms with Gasteiger partial charge in [-0.1, -0.05) is 15.9 Å². The van der Waals surface area contributed by atoms with E-state index in [0.717, 1.165) is 20.9 Å². The Labute approximate surface area is 112 Å². The molecule has 94 valence electrons. The Morgan fingerprint density at radius 1 is 1.35 bits per heavy atom. The van der Waals surface area contributed by atoms with Crippen LogP contribution in [0.2, 0.25) is 0 Å². The van der Waals surface area contributed by atoms with Gasteiger partial charge in [-0.05, 0) is 23.8 Å². The average Bonchev–Trinajstić information content (AvgIpc) is 2.59. The lowest BCUT2D eigenvalue weighted by Crippen LogP contribution is -2.13.